The van der Waals surface area contributed by atoms with E-state index in [4.69, 9.17) is 5.11 Å². The average molecular weight is 235 g/mol. The standard InChI is InChI=1S/C15H25NO/c1-13(16-10-7-11-17)12-15(2,3)14-8-5-4-6-9-14/h4-6,8-9,13,16-17H,7,10-12H2,1-3H3. The number of rotatable bonds is 7. The van der Waals surface area contributed by atoms with E-state index in [0.717, 1.165) is 19.4 Å². The van der Waals surface area contributed by atoms with Crippen molar-refractivity contribution in [1.29, 1.82) is 0 Å². The highest BCUT2D eigenvalue weighted by molar-refractivity contribution is 5.23. The van der Waals surface area contributed by atoms with Gasteiger partial charge in [0.05, 0.1) is 0 Å². The summed E-state index contributed by atoms with van der Waals surface area (Å²) in [6, 6.07) is 11.1. The molecule has 1 rings (SSSR count). The van der Waals surface area contributed by atoms with Crippen LogP contribution in [-0.4, -0.2) is 24.3 Å². The zero-order valence-corrected chi connectivity index (χ0v) is 11.2. The molecule has 0 radical (unpaired) electrons. The first-order valence-corrected chi connectivity index (χ1v) is 6.46. The zero-order valence-electron chi connectivity index (χ0n) is 11.2. The van der Waals surface area contributed by atoms with Gasteiger partial charge in [-0.3, -0.25) is 0 Å². The summed E-state index contributed by atoms with van der Waals surface area (Å²) in [5, 5.41) is 12.2. The number of nitrogens with one attached hydrogen (secondary N) is 1. The van der Waals surface area contributed by atoms with Crippen molar-refractivity contribution in [3.8, 4) is 0 Å². The second kappa shape index (κ2) is 6.77. The fourth-order valence-electron chi connectivity index (χ4n) is 2.27. The van der Waals surface area contributed by atoms with Crippen LogP contribution in [0.25, 0.3) is 0 Å². The first-order valence-electron chi connectivity index (χ1n) is 6.46. The van der Waals surface area contributed by atoms with Crippen LogP contribution < -0.4 is 5.32 Å². The molecule has 1 aromatic rings. The number of benzene rings is 1. The molecule has 1 atom stereocenters. The molecule has 17 heavy (non-hydrogen) atoms. The molecule has 1 aromatic carbocycles. The van der Waals surface area contributed by atoms with Crippen LogP contribution in [-0.2, 0) is 5.41 Å². The van der Waals surface area contributed by atoms with Gasteiger partial charge in [-0.25, -0.2) is 0 Å². The van der Waals surface area contributed by atoms with Crippen LogP contribution in [0.5, 0.6) is 0 Å². The number of hydrogen-bond donors (Lipinski definition) is 2. The predicted molar refractivity (Wildman–Crippen MR) is 73.3 cm³/mol. The molecule has 0 bridgehead atoms. The fraction of sp³-hybridized carbons (Fsp3) is 0.600. The normalized spacial score (nSPS) is 13.6. The maximum atomic E-state index is 8.75. The summed E-state index contributed by atoms with van der Waals surface area (Å²) in [5.41, 5.74) is 1.57. The Morgan fingerprint density at radius 3 is 2.47 bits per heavy atom. The van der Waals surface area contributed by atoms with Gasteiger partial charge in [-0.15, -0.1) is 0 Å². The summed E-state index contributed by atoms with van der Waals surface area (Å²) in [4.78, 5) is 0. The number of aliphatic hydroxyl groups excluding tert-OH is 1. The molecule has 0 saturated heterocycles. The van der Waals surface area contributed by atoms with Gasteiger partial charge in [0, 0.05) is 12.6 Å². The molecule has 0 fully saturated rings. The molecule has 96 valence electrons. The largest absolute Gasteiger partial charge is 0.396 e. The molecule has 0 saturated carbocycles. The Labute approximate surface area is 105 Å². The highest BCUT2D eigenvalue weighted by Crippen LogP contribution is 2.27. The lowest BCUT2D eigenvalue weighted by Crippen LogP contribution is -2.34. The highest BCUT2D eigenvalue weighted by Gasteiger charge is 2.22. The zero-order chi connectivity index (χ0) is 12.7. The van der Waals surface area contributed by atoms with E-state index in [9.17, 15) is 0 Å². The van der Waals surface area contributed by atoms with E-state index in [1.54, 1.807) is 0 Å². The minimum atomic E-state index is 0.187. The molecular formula is C15H25NO. The van der Waals surface area contributed by atoms with Gasteiger partial charge in [0.1, 0.15) is 0 Å². The fourth-order valence-corrected chi connectivity index (χ4v) is 2.27. The third-order valence-corrected chi connectivity index (χ3v) is 3.20. The van der Waals surface area contributed by atoms with Gasteiger partial charge in [0.2, 0.25) is 0 Å². The quantitative estimate of drug-likeness (QED) is 0.712. The smallest absolute Gasteiger partial charge is 0.0443 e. The first kappa shape index (κ1) is 14.2. The highest BCUT2D eigenvalue weighted by atomic mass is 16.3. The topological polar surface area (TPSA) is 32.3 Å². The maximum Gasteiger partial charge on any atom is 0.0443 e. The SMILES string of the molecule is CC(CC(C)(C)c1ccccc1)NCCCO. The lowest BCUT2D eigenvalue weighted by molar-refractivity contribution is 0.280. The molecular weight excluding hydrogens is 210 g/mol. The van der Waals surface area contributed by atoms with Crippen LogP contribution in [0, 0.1) is 0 Å². The Morgan fingerprint density at radius 1 is 1.24 bits per heavy atom. The van der Waals surface area contributed by atoms with E-state index in [1.807, 2.05) is 0 Å². The van der Waals surface area contributed by atoms with Gasteiger partial charge >= 0.3 is 0 Å². The molecule has 2 nitrogen and oxygen atoms in total. The van der Waals surface area contributed by atoms with Crippen LogP contribution in [0.3, 0.4) is 0 Å². The van der Waals surface area contributed by atoms with Gasteiger partial charge in [0.25, 0.3) is 0 Å². The van der Waals surface area contributed by atoms with E-state index in [1.165, 1.54) is 5.56 Å². The van der Waals surface area contributed by atoms with Crippen molar-refractivity contribution in [2.75, 3.05) is 13.2 Å². The Morgan fingerprint density at radius 2 is 1.88 bits per heavy atom. The summed E-state index contributed by atoms with van der Waals surface area (Å²) in [5.74, 6) is 0. The second-order valence-electron chi connectivity index (χ2n) is 5.39. The third-order valence-electron chi connectivity index (χ3n) is 3.20. The van der Waals surface area contributed by atoms with Gasteiger partial charge in [0.15, 0.2) is 0 Å². The molecule has 0 aliphatic carbocycles. The second-order valence-corrected chi connectivity index (χ2v) is 5.39. The van der Waals surface area contributed by atoms with Crippen molar-refractivity contribution >= 4 is 0 Å². The van der Waals surface area contributed by atoms with E-state index < -0.39 is 0 Å². The minimum Gasteiger partial charge on any atom is -0.396 e. The first-order chi connectivity index (χ1) is 8.06. The van der Waals surface area contributed by atoms with Gasteiger partial charge in [-0.05, 0) is 37.3 Å². The molecule has 0 spiro atoms. The van der Waals surface area contributed by atoms with Crippen molar-refractivity contribution < 1.29 is 5.11 Å². The average Bonchev–Trinajstić information content (AvgIpc) is 2.30. The van der Waals surface area contributed by atoms with Gasteiger partial charge in [-0.2, -0.15) is 0 Å². The molecule has 2 heteroatoms. The Balaban J connectivity index is 2.49. The minimum absolute atomic E-state index is 0.187. The molecule has 0 aliphatic rings. The van der Waals surface area contributed by atoms with Crippen LogP contribution in [0.1, 0.15) is 39.2 Å². The molecule has 2 N–H and O–H groups in total. The molecule has 0 aliphatic heterocycles. The molecule has 0 aromatic heterocycles. The van der Waals surface area contributed by atoms with Crippen molar-refractivity contribution in [3.63, 3.8) is 0 Å². The van der Waals surface area contributed by atoms with Crippen LogP contribution in [0.15, 0.2) is 30.3 Å². The molecule has 0 heterocycles. The van der Waals surface area contributed by atoms with Crippen LogP contribution >= 0.6 is 0 Å². The summed E-state index contributed by atoms with van der Waals surface area (Å²) in [6.45, 7) is 7.94. The van der Waals surface area contributed by atoms with E-state index in [2.05, 4.69) is 56.4 Å². The third kappa shape index (κ3) is 4.88. The maximum absolute atomic E-state index is 8.75. The summed E-state index contributed by atoms with van der Waals surface area (Å²) in [6.07, 6.45) is 1.93. The molecule has 1 unspecified atom stereocenters. The van der Waals surface area contributed by atoms with E-state index in [-0.39, 0.29) is 12.0 Å². The Bertz CT molecular complexity index is 308. The van der Waals surface area contributed by atoms with Crippen molar-refractivity contribution in [1.82, 2.24) is 5.32 Å². The summed E-state index contributed by atoms with van der Waals surface area (Å²) >= 11 is 0. The summed E-state index contributed by atoms with van der Waals surface area (Å²) in [7, 11) is 0. The molecule has 0 amide bonds. The lowest BCUT2D eigenvalue weighted by Gasteiger charge is -2.29. The number of aliphatic hydroxyl groups is 1. The Kier molecular flexibility index (Phi) is 5.66. The van der Waals surface area contributed by atoms with Crippen LogP contribution in [0.4, 0.5) is 0 Å². The van der Waals surface area contributed by atoms with E-state index in [0.29, 0.717) is 6.04 Å². The van der Waals surface area contributed by atoms with Crippen molar-refractivity contribution in [3.05, 3.63) is 35.9 Å². The van der Waals surface area contributed by atoms with Crippen molar-refractivity contribution in [2.45, 2.75) is 45.1 Å². The predicted octanol–water partition coefficient (Wildman–Crippen LogP) is 2.71. The van der Waals surface area contributed by atoms with Gasteiger partial charge in [-0.1, -0.05) is 44.2 Å². The van der Waals surface area contributed by atoms with Gasteiger partial charge < -0.3 is 10.4 Å². The van der Waals surface area contributed by atoms with E-state index >= 15 is 0 Å². The van der Waals surface area contributed by atoms with Crippen molar-refractivity contribution in [2.24, 2.45) is 0 Å². The number of hydrogen-bond acceptors (Lipinski definition) is 2. The Hall–Kier alpha value is -0.860. The monoisotopic (exact) mass is 235 g/mol. The lowest BCUT2D eigenvalue weighted by atomic mass is 9.79. The summed E-state index contributed by atoms with van der Waals surface area (Å²) < 4.78 is 0. The van der Waals surface area contributed by atoms with Crippen LogP contribution in [0.2, 0.25) is 0 Å².